The first-order chi connectivity index (χ1) is 14.5. The molecule has 0 saturated heterocycles. The molecule has 0 bridgehead atoms. The number of nitrogens with one attached hydrogen (secondary N) is 2. The van der Waals surface area contributed by atoms with Crippen LogP contribution in [0.3, 0.4) is 0 Å². The highest BCUT2D eigenvalue weighted by atomic mass is 32.2. The lowest BCUT2D eigenvalue weighted by Gasteiger charge is -2.16. The number of ether oxygens (including phenoxy) is 1. The fourth-order valence-corrected chi connectivity index (χ4v) is 3.90. The number of carbonyl (C=O) groups excluding carboxylic acids is 2. The number of carbonyl (C=O) groups is 2. The number of sulfonamides is 1. The summed E-state index contributed by atoms with van der Waals surface area (Å²) in [5.41, 5.74) is -0.348. The zero-order valence-electron chi connectivity index (χ0n) is 16.1. The minimum Gasteiger partial charge on any atom is -0.451 e. The third-order valence-corrected chi connectivity index (χ3v) is 5.68. The van der Waals surface area contributed by atoms with Crippen molar-refractivity contribution in [1.82, 2.24) is 4.72 Å². The van der Waals surface area contributed by atoms with Gasteiger partial charge in [0, 0.05) is 5.56 Å². The van der Waals surface area contributed by atoms with E-state index < -0.39 is 57.2 Å². The maximum atomic E-state index is 13.7. The lowest BCUT2D eigenvalue weighted by atomic mass is 10.2. The smallest absolute Gasteiger partial charge is 0.331 e. The van der Waals surface area contributed by atoms with Gasteiger partial charge in [0.05, 0.1) is 10.6 Å². The van der Waals surface area contributed by atoms with Gasteiger partial charge in [-0.3, -0.25) is 14.5 Å². The minimum absolute atomic E-state index is 0.00983. The molecule has 0 saturated carbocycles. The van der Waals surface area contributed by atoms with Crippen molar-refractivity contribution in [1.29, 1.82) is 0 Å². The van der Waals surface area contributed by atoms with Gasteiger partial charge in [-0.05, 0) is 38.1 Å². The van der Waals surface area contributed by atoms with Gasteiger partial charge < -0.3 is 10.1 Å². The van der Waals surface area contributed by atoms with Crippen LogP contribution in [0.2, 0.25) is 0 Å². The number of hydrogen-bond donors (Lipinski definition) is 2. The molecule has 2 N–H and O–H groups in total. The summed E-state index contributed by atoms with van der Waals surface area (Å²) in [6, 6.07) is 6.28. The fraction of sp³-hybridized carbons (Fsp3) is 0.211. The molecule has 0 aliphatic carbocycles. The van der Waals surface area contributed by atoms with Crippen LogP contribution in [0.15, 0.2) is 46.3 Å². The minimum atomic E-state index is -3.80. The number of hydrogen-bond acceptors (Lipinski definition) is 6. The number of halogens is 3. The van der Waals surface area contributed by atoms with E-state index in [1.54, 1.807) is 6.07 Å². The van der Waals surface area contributed by atoms with Crippen LogP contribution in [-0.2, 0) is 24.3 Å². The maximum Gasteiger partial charge on any atom is 0.331 e. The van der Waals surface area contributed by atoms with Crippen molar-refractivity contribution in [3.8, 4) is 0 Å². The molecule has 2 aromatic carbocycles. The van der Waals surface area contributed by atoms with E-state index >= 15 is 0 Å². The Balaban J connectivity index is 1.68. The lowest BCUT2D eigenvalue weighted by molar-refractivity contribution is -0.154. The molecule has 1 unspecified atom stereocenters. The predicted molar refractivity (Wildman–Crippen MR) is 103 cm³/mol. The van der Waals surface area contributed by atoms with Crippen molar-refractivity contribution in [3.05, 3.63) is 59.4 Å². The Kier molecular flexibility index (Phi) is 6.02. The van der Waals surface area contributed by atoms with Crippen molar-refractivity contribution in [2.24, 2.45) is 4.99 Å². The summed E-state index contributed by atoms with van der Waals surface area (Å²) in [6.07, 6.45) is -1.43. The standard InChI is InChI=1S/C19H16F3N3O5S/c1-9(23-17-11-5-3-4-6-14(11)31(28,29)25-17)19(27)30-10(2)18(26)24-13-8-7-12(20)15(21)16(13)22/h3-10H,1-2H3,(H,23,25)(H,24,26)/t9-,10?/m1/s1. The topological polar surface area (TPSA) is 114 Å². The van der Waals surface area contributed by atoms with Gasteiger partial charge in [-0.25, -0.2) is 26.4 Å². The molecular weight excluding hydrogens is 439 g/mol. The van der Waals surface area contributed by atoms with Gasteiger partial charge >= 0.3 is 5.97 Å². The van der Waals surface area contributed by atoms with E-state index in [1.165, 1.54) is 32.0 Å². The van der Waals surface area contributed by atoms with Crippen molar-refractivity contribution >= 4 is 33.4 Å². The van der Waals surface area contributed by atoms with Gasteiger partial charge in [0.2, 0.25) is 0 Å². The van der Waals surface area contributed by atoms with Gasteiger partial charge in [-0.2, -0.15) is 0 Å². The van der Waals surface area contributed by atoms with Crippen LogP contribution in [0, 0.1) is 17.5 Å². The highest BCUT2D eigenvalue weighted by Gasteiger charge is 2.32. The maximum absolute atomic E-state index is 13.7. The largest absolute Gasteiger partial charge is 0.451 e. The van der Waals surface area contributed by atoms with E-state index in [1.807, 2.05) is 5.32 Å². The molecule has 12 heteroatoms. The van der Waals surface area contributed by atoms with Crippen LogP contribution in [0.5, 0.6) is 0 Å². The number of nitrogens with zero attached hydrogens (tertiary/aromatic N) is 1. The molecule has 1 aliphatic rings. The Morgan fingerprint density at radius 3 is 2.45 bits per heavy atom. The molecule has 1 aliphatic heterocycles. The van der Waals surface area contributed by atoms with Gasteiger partial charge in [0.25, 0.3) is 15.9 Å². The molecule has 0 radical (unpaired) electrons. The fourth-order valence-electron chi connectivity index (χ4n) is 2.66. The van der Waals surface area contributed by atoms with Gasteiger partial charge in [-0.1, -0.05) is 12.1 Å². The number of amides is 1. The summed E-state index contributed by atoms with van der Waals surface area (Å²) in [5, 5.41) is 1.99. The highest BCUT2D eigenvalue weighted by molar-refractivity contribution is 7.90. The van der Waals surface area contributed by atoms with Crippen LogP contribution in [-0.4, -0.2) is 38.3 Å². The van der Waals surface area contributed by atoms with E-state index in [0.29, 0.717) is 6.07 Å². The Morgan fingerprint density at radius 1 is 1.06 bits per heavy atom. The molecule has 0 spiro atoms. The van der Waals surface area contributed by atoms with Crippen LogP contribution in [0.25, 0.3) is 0 Å². The Hall–Kier alpha value is -3.41. The van der Waals surface area contributed by atoms with E-state index in [-0.39, 0.29) is 16.3 Å². The number of rotatable bonds is 5. The summed E-state index contributed by atoms with van der Waals surface area (Å²) in [4.78, 5) is 28.4. The summed E-state index contributed by atoms with van der Waals surface area (Å²) in [6.45, 7) is 2.50. The lowest BCUT2D eigenvalue weighted by Crippen LogP contribution is -2.34. The molecule has 0 fully saturated rings. The summed E-state index contributed by atoms with van der Waals surface area (Å²) in [5.74, 6) is -6.80. The number of fused-ring (bicyclic) bond motifs is 1. The average molecular weight is 455 g/mol. The van der Waals surface area contributed by atoms with E-state index in [4.69, 9.17) is 4.74 Å². The third-order valence-electron chi connectivity index (χ3n) is 4.28. The first kappa shape index (κ1) is 22.3. The molecule has 2 aromatic rings. The van der Waals surface area contributed by atoms with Gasteiger partial charge in [-0.15, -0.1) is 0 Å². The predicted octanol–water partition coefficient (Wildman–Crippen LogP) is 2.10. The number of aliphatic imine (C=N–C) groups is 1. The Labute approximate surface area is 175 Å². The van der Waals surface area contributed by atoms with Crippen LogP contribution < -0.4 is 10.0 Å². The molecule has 31 heavy (non-hydrogen) atoms. The van der Waals surface area contributed by atoms with Crippen LogP contribution in [0.1, 0.15) is 19.4 Å². The zero-order chi connectivity index (χ0) is 22.9. The molecule has 0 aromatic heterocycles. The van der Waals surface area contributed by atoms with E-state index in [0.717, 1.165) is 6.07 Å². The monoisotopic (exact) mass is 455 g/mol. The first-order valence-corrected chi connectivity index (χ1v) is 10.3. The van der Waals surface area contributed by atoms with Gasteiger partial charge in [0.15, 0.2) is 23.6 Å². The number of esters is 1. The quantitative estimate of drug-likeness (QED) is 0.530. The summed E-state index contributed by atoms with van der Waals surface area (Å²) < 4.78 is 71.3. The first-order valence-electron chi connectivity index (χ1n) is 8.86. The normalized spacial score (nSPS) is 17.4. The molecule has 2 atom stereocenters. The van der Waals surface area contributed by atoms with Crippen molar-refractivity contribution in [2.75, 3.05) is 5.32 Å². The highest BCUT2D eigenvalue weighted by Crippen LogP contribution is 2.23. The molecular formula is C19H16F3N3O5S. The Bertz CT molecular complexity index is 1200. The van der Waals surface area contributed by atoms with Crippen molar-refractivity contribution in [3.63, 3.8) is 0 Å². The number of benzene rings is 2. The second kappa shape index (κ2) is 8.38. The van der Waals surface area contributed by atoms with E-state index in [9.17, 15) is 31.2 Å². The third kappa shape index (κ3) is 4.53. The second-order valence-electron chi connectivity index (χ2n) is 6.55. The van der Waals surface area contributed by atoms with Crippen molar-refractivity contribution < 1.29 is 35.9 Å². The molecule has 8 nitrogen and oxygen atoms in total. The van der Waals surface area contributed by atoms with Gasteiger partial charge in [0.1, 0.15) is 11.9 Å². The van der Waals surface area contributed by atoms with Crippen molar-refractivity contribution in [2.45, 2.75) is 30.9 Å². The molecule has 3 rings (SSSR count). The molecule has 164 valence electrons. The summed E-state index contributed by atoms with van der Waals surface area (Å²) in [7, 11) is -3.80. The number of anilines is 1. The average Bonchev–Trinajstić information content (AvgIpc) is 2.98. The number of amidine groups is 1. The SMILES string of the molecule is CC(OC(=O)[C@@H](C)N=C1NS(=O)(=O)c2ccccc21)C(=O)Nc1ccc(F)c(F)c1F. The van der Waals surface area contributed by atoms with Crippen LogP contribution in [0.4, 0.5) is 18.9 Å². The van der Waals surface area contributed by atoms with E-state index in [2.05, 4.69) is 9.71 Å². The zero-order valence-corrected chi connectivity index (χ0v) is 17.0. The Morgan fingerprint density at radius 2 is 1.74 bits per heavy atom. The summed E-state index contributed by atoms with van der Waals surface area (Å²) >= 11 is 0. The molecule has 1 amide bonds. The second-order valence-corrected chi connectivity index (χ2v) is 8.20. The van der Waals surface area contributed by atoms with Crippen LogP contribution >= 0.6 is 0 Å². The molecule has 1 heterocycles.